The Bertz CT molecular complexity index is 1730. The van der Waals surface area contributed by atoms with Crippen LogP contribution in [0.2, 0.25) is 0 Å². The number of carbonyl (C=O) groups excluding carboxylic acids is 2. The van der Waals surface area contributed by atoms with Crippen molar-refractivity contribution in [3.63, 3.8) is 0 Å². The quantitative estimate of drug-likeness (QED) is 0.189. The molecule has 0 saturated carbocycles. The van der Waals surface area contributed by atoms with E-state index >= 15 is 4.39 Å². The van der Waals surface area contributed by atoms with E-state index in [1.807, 2.05) is 51.1 Å². The van der Waals surface area contributed by atoms with Crippen molar-refractivity contribution in [2.75, 3.05) is 24.5 Å². The molecule has 242 valence electrons. The first-order valence-corrected chi connectivity index (χ1v) is 16.5. The Balaban J connectivity index is 1.83. The number of methoxy groups -OCH3 is 1. The zero-order chi connectivity index (χ0) is 33.3. The highest BCUT2D eigenvalue weighted by molar-refractivity contribution is 7.92. The average Bonchev–Trinajstić information content (AvgIpc) is 3.05. The smallest absolute Gasteiger partial charge is 0.264 e. The molecular weight excluding hydrogens is 605 g/mol. The van der Waals surface area contributed by atoms with Crippen LogP contribution in [-0.4, -0.2) is 51.4 Å². The minimum atomic E-state index is -4.31. The molecule has 0 spiro atoms. The molecule has 0 saturated heterocycles. The summed E-state index contributed by atoms with van der Waals surface area (Å²) in [5, 5.41) is 2.92. The first kappa shape index (κ1) is 34.2. The van der Waals surface area contributed by atoms with Gasteiger partial charge in [-0.25, -0.2) is 12.8 Å². The maximum absolute atomic E-state index is 15.1. The van der Waals surface area contributed by atoms with Gasteiger partial charge in [0.05, 0.1) is 17.7 Å². The number of amides is 2. The van der Waals surface area contributed by atoms with Gasteiger partial charge in [-0.2, -0.15) is 0 Å². The van der Waals surface area contributed by atoms with E-state index < -0.39 is 40.2 Å². The Morgan fingerprint density at radius 3 is 2.15 bits per heavy atom. The van der Waals surface area contributed by atoms with Crippen LogP contribution in [0.5, 0.6) is 5.75 Å². The Labute approximate surface area is 270 Å². The third-order valence-corrected chi connectivity index (χ3v) is 9.27. The van der Waals surface area contributed by atoms with Gasteiger partial charge in [0.1, 0.15) is 24.2 Å². The number of hydrogen-bond acceptors (Lipinski definition) is 5. The fourth-order valence-electron chi connectivity index (χ4n) is 4.97. The van der Waals surface area contributed by atoms with Crippen molar-refractivity contribution in [1.29, 1.82) is 0 Å². The van der Waals surface area contributed by atoms with Crippen LogP contribution in [0.4, 0.5) is 10.1 Å². The monoisotopic (exact) mass is 645 g/mol. The second-order valence-electron chi connectivity index (χ2n) is 11.5. The third kappa shape index (κ3) is 8.51. The minimum absolute atomic E-state index is 0.0204. The molecule has 1 N–H and O–H groups in total. The molecule has 0 unspecified atom stereocenters. The predicted molar refractivity (Wildman–Crippen MR) is 177 cm³/mol. The molecule has 1 atom stereocenters. The summed E-state index contributed by atoms with van der Waals surface area (Å²) in [7, 11) is -2.89. The molecule has 0 radical (unpaired) electrons. The zero-order valence-corrected chi connectivity index (χ0v) is 27.3. The topological polar surface area (TPSA) is 96.0 Å². The summed E-state index contributed by atoms with van der Waals surface area (Å²) in [5.74, 6) is -1.28. The lowest BCUT2D eigenvalue weighted by Gasteiger charge is -2.34. The van der Waals surface area contributed by atoms with Crippen LogP contribution in [0.25, 0.3) is 0 Å². The average molecular weight is 646 g/mol. The van der Waals surface area contributed by atoms with Gasteiger partial charge in [-0.3, -0.25) is 13.9 Å². The molecule has 0 bridgehead atoms. The molecule has 4 rings (SSSR count). The van der Waals surface area contributed by atoms with E-state index in [2.05, 4.69) is 5.32 Å². The van der Waals surface area contributed by atoms with E-state index in [1.54, 1.807) is 54.6 Å². The Morgan fingerprint density at radius 2 is 1.50 bits per heavy atom. The van der Waals surface area contributed by atoms with Gasteiger partial charge in [0.25, 0.3) is 10.0 Å². The van der Waals surface area contributed by atoms with E-state index in [0.29, 0.717) is 6.54 Å². The van der Waals surface area contributed by atoms with Crippen molar-refractivity contribution >= 4 is 27.5 Å². The van der Waals surface area contributed by atoms with Crippen LogP contribution in [0, 0.1) is 18.7 Å². The molecule has 0 aromatic heterocycles. The predicted octanol–water partition coefficient (Wildman–Crippen LogP) is 5.75. The molecule has 0 heterocycles. The molecule has 4 aromatic rings. The van der Waals surface area contributed by atoms with Crippen molar-refractivity contribution in [3.05, 3.63) is 126 Å². The van der Waals surface area contributed by atoms with Crippen LogP contribution in [-0.2, 0) is 32.6 Å². The van der Waals surface area contributed by atoms with Gasteiger partial charge < -0.3 is 15.0 Å². The number of ether oxygens (including phenoxy) is 1. The van der Waals surface area contributed by atoms with Crippen LogP contribution < -0.4 is 14.4 Å². The minimum Gasteiger partial charge on any atom is -0.495 e. The third-order valence-electron chi connectivity index (χ3n) is 7.50. The highest BCUT2D eigenvalue weighted by atomic mass is 32.2. The first-order chi connectivity index (χ1) is 22.0. The molecule has 0 fully saturated rings. The summed E-state index contributed by atoms with van der Waals surface area (Å²) in [6.07, 6.45) is 0.129. The van der Waals surface area contributed by atoms with Gasteiger partial charge >= 0.3 is 0 Å². The lowest BCUT2D eigenvalue weighted by atomic mass is 10.0. The largest absolute Gasteiger partial charge is 0.495 e. The van der Waals surface area contributed by atoms with Gasteiger partial charge in [-0.05, 0) is 48.7 Å². The summed E-state index contributed by atoms with van der Waals surface area (Å²) in [4.78, 5) is 29.6. The van der Waals surface area contributed by atoms with Crippen molar-refractivity contribution < 1.29 is 27.1 Å². The number of rotatable bonds is 14. The molecule has 8 nitrogen and oxygen atoms in total. The maximum Gasteiger partial charge on any atom is 0.264 e. The van der Waals surface area contributed by atoms with Gasteiger partial charge in [-0.15, -0.1) is 0 Å². The second kappa shape index (κ2) is 15.5. The molecule has 0 aliphatic rings. The maximum atomic E-state index is 15.1. The molecule has 10 heteroatoms. The number of hydrogen-bond donors (Lipinski definition) is 1. The fraction of sp³-hybridized carbons (Fsp3) is 0.278. The van der Waals surface area contributed by atoms with E-state index in [9.17, 15) is 18.0 Å². The van der Waals surface area contributed by atoms with Crippen molar-refractivity contribution in [1.82, 2.24) is 10.2 Å². The van der Waals surface area contributed by atoms with E-state index in [0.717, 1.165) is 15.4 Å². The van der Waals surface area contributed by atoms with Crippen molar-refractivity contribution in [2.24, 2.45) is 5.92 Å². The fourth-order valence-corrected chi connectivity index (χ4v) is 6.40. The molecular formula is C36H40FN3O5S. The van der Waals surface area contributed by atoms with Gasteiger partial charge in [-0.1, -0.05) is 92.2 Å². The number of nitrogens with one attached hydrogen (secondary N) is 1. The molecule has 4 aromatic carbocycles. The normalized spacial score (nSPS) is 12.0. The van der Waals surface area contributed by atoms with Gasteiger partial charge in [0.2, 0.25) is 11.8 Å². The van der Waals surface area contributed by atoms with E-state index in [-0.39, 0.29) is 40.8 Å². The summed E-state index contributed by atoms with van der Waals surface area (Å²) in [6, 6.07) is 26.9. The highest BCUT2D eigenvalue weighted by Crippen LogP contribution is 2.33. The Kier molecular flexibility index (Phi) is 11.5. The number of carbonyl (C=O) groups is 2. The van der Waals surface area contributed by atoms with Gasteiger partial charge in [0, 0.05) is 25.1 Å². The molecule has 46 heavy (non-hydrogen) atoms. The zero-order valence-electron chi connectivity index (χ0n) is 26.5. The van der Waals surface area contributed by atoms with E-state index in [1.165, 1.54) is 30.2 Å². The number of nitrogens with zero attached hydrogens (tertiary/aromatic N) is 2. The lowest BCUT2D eigenvalue weighted by molar-refractivity contribution is -0.140. The second-order valence-corrected chi connectivity index (χ2v) is 13.3. The number of benzene rings is 4. The van der Waals surface area contributed by atoms with Crippen LogP contribution >= 0.6 is 0 Å². The summed E-state index contributed by atoms with van der Waals surface area (Å²) in [6.45, 7) is 5.18. The van der Waals surface area contributed by atoms with Crippen molar-refractivity contribution in [3.8, 4) is 5.75 Å². The SMILES string of the molecule is COc1ccccc1N(CC(=O)N(Cc1ccccc1F)[C@@H](Cc1ccccc1)C(=O)NCC(C)C)S(=O)(=O)c1ccc(C)cc1. The van der Waals surface area contributed by atoms with E-state index in [4.69, 9.17) is 4.74 Å². The lowest BCUT2D eigenvalue weighted by Crippen LogP contribution is -2.53. The summed E-state index contributed by atoms with van der Waals surface area (Å²) < 4.78 is 50.0. The highest BCUT2D eigenvalue weighted by Gasteiger charge is 2.35. The van der Waals surface area contributed by atoms with Crippen LogP contribution in [0.3, 0.4) is 0 Å². The molecule has 0 aliphatic carbocycles. The Hall–Kier alpha value is -4.70. The number of para-hydroxylation sites is 2. The van der Waals surface area contributed by atoms with Crippen LogP contribution in [0.1, 0.15) is 30.5 Å². The Morgan fingerprint density at radius 1 is 0.870 bits per heavy atom. The number of aryl methyl sites for hydroxylation is 1. The molecule has 2 amide bonds. The van der Waals surface area contributed by atoms with Crippen LogP contribution in [0.15, 0.2) is 108 Å². The van der Waals surface area contributed by atoms with Gasteiger partial charge in [0.15, 0.2) is 0 Å². The summed E-state index contributed by atoms with van der Waals surface area (Å²) >= 11 is 0. The number of sulfonamides is 1. The summed E-state index contributed by atoms with van der Waals surface area (Å²) in [5.41, 5.74) is 1.99. The first-order valence-electron chi connectivity index (χ1n) is 15.1. The number of anilines is 1. The number of halogens is 1. The molecule has 0 aliphatic heterocycles. The van der Waals surface area contributed by atoms with Crippen molar-refractivity contribution in [2.45, 2.75) is 44.7 Å². The standard InChI is InChI=1S/C36H40FN3O5S/c1-26(2)23-38-36(42)33(22-28-12-6-5-7-13-28)39(24-29-14-8-9-15-31(29)37)35(41)25-40(32-16-10-11-17-34(32)45-4)46(43,44)30-20-18-27(3)19-21-30/h5-21,26,33H,22-25H2,1-4H3,(H,38,42)/t33-/m0/s1.